The molecule has 4 aromatic rings. The number of aromatic nitrogens is 3. The first kappa shape index (κ1) is 15.5. The van der Waals surface area contributed by atoms with E-state index in [1.165, 1.54) is 0 Å². The third-order valence-corrected chi connectivity index (χ3v) is 4.37. The SMILES string of the molecule is CC(C)(O)c1ccc2c(c1)ncn2-c1cccc(-c2cccnc2)c1. The molecule has 25 heavy (non-hydrogen) atoms. The van der Waals surface area contributed by atoms with Gasteiger partial charge in [0.1, 0.15) is 6.33 Å². The smallest absolute Gasteiger partial charge is 0.100 e. The van der Waals surface area contributed by atoms with Gasteiger partial charge in [-0.3, -0.25) is 9.55 Å². The van der Waals surface area contributed by atoms with E-state index >= 15 is 0 Å². The first-order valence-electron chi connectivity index (χ1n) is 8.23. The fourth-order valence-corrected chi connectivity index (χ4v) is 2.97. The maximum Gasteiger partial charge on any atom is 0.100 e. The van der Waals surface area contributed by atoms with E-state index in [0.717, 1.165) is 33.4 Å². The van der Waals surface area contributed by atoms with Gasteiger partial charge in [-0.25, -0.2) is 4.98 Å². The van der Waals surface area contributed by atoms with Crippen molar-refractivity contribution in [1.82, 2.24) is 14.5 Å². The van der Waals surface area contributed by atoms with Crippen molar-refractivity contribution in [2.45, 2.75) is 19.4 Å². The number of rotatable bonds is 3. The molecule has 0 spiro atoms. The van der Waals surface area contributed by atoms with E-state index in [2.05, 4.69) is 32.7 Å². The molecule has 0 aliphatic rings. The summed E-state index contributed by atoms with van der Waals surface area (Å²) in [7, 11) is 0. The maximum atomic E-state index is 10.2. The lowest BCUT2D eigenvalue weighted by atomic mass is 9.98. The molecular weight excluding hydrogens is 310 g/mol. The van der Waals surface area contributed by atoms with Crippen molar-refractivity contribution in [3.63, 3.8) is 0 Å². The van der Waals surface area contributed by atoms with Gasteiger partial charge in [-0.2, -0.15) is 0 Å². The first-order chi connectivity index (χ1) is 12.0. The zero-order valence-corrected chi connectivity index (χ0v) is 14.2. The van der Waals surface area contributed by atoms with Crippen molar-refractivity contribution in [2.75, 3.05) is 0 Å². The van der Waals surface area contributed by atoms with Gasteiger partial charge in [0.05, 0.1) is 16.6 Å². The molecule has 0 atom stereocenters. The number of aliphatic hydroxyl groups is 1. The molecule has 4 nitrogen and oxygen atoms in total. The van der Waals surface area contributed by atoms with Gasteiger partial charge in [0.25, 0.3) is 0 Å². The number of benzene rings is 2. The van der Waals surface area contributed by atoms with E-state index in [1.54, 1.807) is 20.0 Å². The second-order valence-corrected chi connectivity index (χ2v) is 6.67. The number of fused-ring (bicyclic) bond motifs is 1. The van der Waals surface area contributed by atoms with Gasteiger partial charge in [0, 0.05) is 23.6 Å². The van der Waals surface area contributed by atoms with Gasteiger partial charge in [-0.1, -0.05) is 24.3 Å². The predicted molar refractivity (Wildman–Crippen MR) is 99.5 cm³/mol. The number of imidazole rings is 1. The highest BCUT2D eigenvalue weighted by atomic mass is 16.3. The predicted octanol–water partition coefficient (Wildman–Crippen LogP) is 4.31. The lowest BCUT2D eigenvalue weighted by molar-refractivity contribution is 0.0787. The molecule has 124 valence electrons. The highest BCUT2D eigenvalue weighted by Crippen LogP contribution is 2.27. The van der Waals surface area contributed by atoms with Crippen LogP contribution in [0.4, 0.5) is 0 Å². The van der Waals surface area contributed by atoms with Crippen LogP contribution >= 0.6 is 0 Å². The molecule has 0 unspecified atom stereocenters. The number of nitrogens with zero attached hydrogens (tertiary/aromatic N) is 3. The fourth-order valence-electron chi connectivity index (χ4n) is 2.97. The Morgan fingerprint density at radius 1 is 0.960 bits per heavy atom. The Kier molecular flexibility index (Phi) is 3.62. The number of hydrogen-bond donors (Lipinski definition) is 1. The zero-order valence-electron chi connectivity index (χ0n) is 14.2. The van der Waals surface area contributed by atoms with Crippen LogP contribution in [-0.4, -0.2) is 19.6 Å². The molecule has 2 aromatic heterocycles. The van der Waals surface area contributed by atoms with Gasteiger partial charge in [-0.15, -0.1) is 0 Å². The molecule has 0 saturated heterocycles. The van der Waals surface area contributed by atoms with Crippen LogP contribution in [0.5, 0.6) is 0 Å². The Morgan fingerprint density at radius 2 is 1.80 bits per heavy atom. The summed E-state index contributed by atoms with van der Waals surface area (Å²) in [6.07, 6.45) is 5.46. The Hall–Kier alpha value is -2.98. The van der Waals surface area contributed by atoms with Gasteiger partial charge in [-0.05, 0) is 55.3 Å². The van der Waals surface area contributed by atoms with E-state index in [4.69, 9.17) is 0 Å². The average Bonchev–Trinajstić information content (AvgIpc) is 3.05. The maximum absolute atomic E-state index is 10.2. The van der Waals surface area contributed by atoms with Crippen molar-refractivity contribution in [2.24, 2.45) is 0 Å². The van der Waals surface area contributed by atoms with E-state index in [0.29, 0.717) is 0 Å². The molecule has 0 radical (unpaired) electrons. The minimum absolute atomic E-state index is 0.856. The van der Waals surface area contributed by atoms with Gasteiger partial charge in [0.15, 0.2) is 0 Å². The third kappa shape index (κ3) is 2.92. The van der Waals surface area contributed by atoms with Crippen molar-refractivity contribution in [3.05, 3.63) is 78.9 Å². The number of hydrogen-bond acceptors (Lipinski definition) is 3. The van der Waals surface area contributed by atoms with E-state index < -0.39 is 5.60 Å². The monoisotopic (exact) mass is 329 g/mol. The van der Waals surface area contributed by atoms with Crippen LogP contribution in [0.3, 0.4) is 0 Å². The lowest BCUT2D eigenvalue weighted by Gasteiger charge is -2.17. The molecule has 0 aliphatic heterocycles. The molecule has 2 aromatic carbocycles. The molecule has 0 amide bonds. The summed E-state index contributed by atoms with van der Waals surface area (Å²) in [5.74, 6) is 0. The molecule has 4 rings (SSSR count). The van der Waals surface area contributed by atoms with E-state index in [-0.39, 0.29) is 0 Å². The fraction of sp³-hybridized carbons (Fsp3) is 0.143. The first-order valence-corrected chi connectivity index (χ1v) is 8.23. The molecule has 4 heteroatoms. The van der Waals surface area contributed by atoms with Crippen LogP contribution in [0.15, 0.2) is 73.3 Å². The van der Waals surface area contributed by atoms with E-state index in [1.807, 2.05) is 48.9 Å². The summed E-state index contributed by atoms with van der Waals surface area (Å²) in [6.45, 7) is 3.56. The van der Waals surface area contributed by atoms with Crippen LogP contribution < -0.4 is 0 Å². The van der Waals surface area contributed by atoms with Crippen LogP contribution in [0.25, 0.3) is 27.8 Å². The van der Waals surface area contributed by atoms with Gasteiger partial charge in [0.2, 0.25) is 0 Å². The van der Waals surface area contributed by atoms with Gasteiger partial charge >= 0.3 is 0 Å². The molecule has 2 heterocycles. The normalized spacial score (nSPS) is 11.8. The van der Waals surface area contributed by atoms with Gasteiger partial charge < -0.3 is 5.11 Å². The summed E-state index contributed by atoms with van der Waals surface area (Å²) >= 11 is 0. The Bertz CT molecular complexity index is 1030. The second-order valence-electron chi connectivity index (χ2n) is 6.67. The second kappa shape index (κ2) is 5.83. The third-order valence-electron chi connectivity index (χ3n) is 4.37. The molecule has 0 aliphatic carbocycles. The van der Waals surface area contributed by atoms with Crippen molar-refractivity contribution >= 4 is 11.0 Å². The summed E-state index contributed by atoms with van der Waals surface area (Å²) in [5.41, 5.74) is 5.09. The van der Waals surface area contributed by atoms with Crippen LogP contribution in [0, 0.1) is 0 Å². The zero-order chi connectivity index (χ0) is 17.4. The van der Waals surface area contributed by atoms with Crippen LogP contribution in [0.2, 0.25) is 0 Å². The Labute approximate surface area is 146 Å². The number of pyridine rings is 1. The van der Waals surface area contributed by atoms with Crippen LogP contribution in [0.1, 0.15) is 19.4 Å². The van der Waals surface area contributed by atoms with E-state index in [9.17, 15) is 5.11 Å². The molecular formula is C21H19N3O. The van der Waals surface area contributed by atoms with Crippen molar-refractivity contribution in [1.29, 1.82) is 0 Å². The minimum Gasteiger partial charge on any atom is -0.386 e. The topological polar surface area (TPSA) is 50.9 Å². The highest BCUT2D eigenvalue weighted by molar-refractivity contribution is 5.79. The molecule has 1 N–H and O–H groups in total. The summed E-state index contributed by atoms with van der Waals surface area (Å²) in [4.78, 5) is 8.70. The standard InChI is InChI=1S/C21H19N3O/c1-21(2,25)17-8-9-20-19(12-17)23-14-24(20)18-7-3-5-15(11-18)16-6-4-10-22-13-16/h3-14,25H,1-2H3. The van der Waals surface area contributed by atoms with Crippen LogP contribution in [-0.2, 0) is 5.60 Å². The van der Waals surface area contributed by atoms with Crippen molar-refractivity contribution < 1.29 is 5.11 Å². The minimum atomic E-state index is -0.877. The Balaban J connectivity index is 1.80. The molecule has 0 saturated carbocycles. The quantitative estimate of drug-likeness (QED) is 0.609. The molecule has 0 fully saturated rings. The summed E-state index contributed by atoms with van der Waals surface area (Å²) in [5, 5.41) is 10.2. The Morgan fingerprint density at radius 3 is 2.56 bits per heavy atom. The average molecular weight is 329 g/mol. The lowest BCUT2D eigenvalue weighted by Crippen LogP contribution is -2.15. The summed E-state index contributed by atoms with van der Waals surface area (Å²) < 4.78 is 2.06. The summed E-state index contributed by atoms with van der Waals surface area (Å²) in [6, 6.07) is 18.2. The largest absolute Gasteiger partial charge is 0.386 e. The molecule has 0 bridgehead atoms. The van der Waals surface area contributed by atoms with Crippen molar-refractivity contribution in [3.8, 4) is 16.8 Å². The highest BCUT2D eigenvalue weighted by Gasteiger charge is 2.17.